The monoisotopic (exact) mass is 692 g/mol. The normalized spacial score (nSPS) is 10.8. The number of aromatic carboxylic acids is 1. The lowest BCUT2D eigenvalue weighted by atomic mass is 9.96. The number of hydrogen-bond donors (Lipinski definition) is 1. The first-order chi connectivity index (χ1) is 19.3. The third-order valence-electron chi connectivity index (χ3n) is 7.08. The zero-order valence-electron chi connectivity index (χ0n) is 24.4. The molecule has 220 valence electrons. The molecular formula is C31H34Br2O8. The number of benzene rings is 3. The molecule has 3 aromatic rings. The first-order valence-electron chi connectivity index (χ1n) is 12.9. The number of rotatable bonds is 11. The van der Waals surface area contributed by atoms with Gasteiger partial charge in [-0.25, -0.2) is 9.59 Å². The van der Waals surface area contributed by atoms with E-state index in [1.807, 2.05) is 39.0 Å². The smallest absolute Gasteiger partial charge is 0.347 e. The standard InChI is InChI=1S/C31H34Br2O8/c1-15-18(4)27(20(6)28(37-7)24(15)30(34)35)41-31(36)25-16(2)17(3)26(19(5)29(25)38-8)40-13-9-12-39-23-11-10-21(32)14-22(23)33/h10-11,14H,9,12-13H2,1-8H3,(H,34,35). The van der Waals surface area contributed by atoms with Crippen LogP contribution in [0.25, 0.3) is 0 Å². The second kappa shape index (κ2) is 13.6. The minimum atomic E-state index is -1.12. The molecule has 1 N–H and O–H groups in total. The molecule has 0 aromatic heterocycles. The Hall–Kier alpha value is -3.24. The van der Waals surface area contributed by atoms with Gasteiger partial charge in [0.1, 0.15) is 39.9 Å². The Morgan fingerprint density at radius 1 is 0.707 bits per heavy atom. The molecule has 0 fully saturated rings. The lowest BCUT2D eigenvalue weighted by Gasteiger charge is -2.22. The summed E-state index contributed by atoms with van der Waals surface area (Å²) >= 11 is 6.92. The van der Waals surface area contributed by atoms with Crippen molar-refractivity contribution in [2.24, 2.45) is 0 Å². The first-order valence-corrected chi connectivity index (χ1v) is 14.5. The van der Waals surface area contributed by atoms with Crippen molar-refractivity contribution in [3.8, 4) is 28.7 Å². The number of carboxylic acid groups (broad SMARTS) is 1. The molecule has 0 unspecified atom stereocenters. The molecule has 0 aliphatic rings. The van der Waals surface area contributed by atoms with Crippen LogP contribution in [-0.4, -0.2) is 44.5 Å². The fourth-order valence-electron chi connectivity index (χ4n) is 4.73. The van der Waals surface area contributed by atoms with E-state index in [0.717, 1.165) is 20.3 Å². The molecule has 8 nitrogen and oxygen atoms in total. The van der Waals surface area contributed by atoms with Gasteiger partial charge >= 0.3 is 11.9 Å². The lowest BCUT2D eigenvalue weighted by Crippen LogP contribution is -2.17. The topological polar surface area (TPSA) is 101 Å². The molecule has 0 aliphatic heterocycles. The van der Waals surface area contributed by atoms with E-state index in [0.29, 0.717) is 59.0 Å². The summed E-state index contributed by atoms with van der Waals surface area (Å²) in [4.78, 5) is 25.5. The van der Waals surface area contributed by atoms with Crippen molar-refractivity contribution < 1.29 is 38.4 Å². The van der Waals surface area contributed by atoms with Gasteiger partial charge in [0.2, 0.25) is 0 Å². The van der Waals surface area contributed by atoms with Crippen LogP contribution >= 0.6 is 31.9 Å². The van der Waals surface area contributed by atoms with Crippen molar-refractivity contribution in [2.75, 3.05) is 27.4 Å². The van der Waals surface area contributed by atoms with Crippen LogP contribution < -0.4 is 23.7 Å². The van der Waals surface area contributed by atoms with Gasteiger partial charge in [0.05, 0.1) is 31.9 Å². The zero-order valence-corrected chi connectivity index (χ0v) is 27.6. The summed E-state index contributed by atoms with van der Waals surface area (Å²) in [7, 11) is 2.88. The van der Waals surface area contributed by atoms with E-state index < -0.39 is 11.9 Å². The van der Waals surface area contributed by atoms with Gasteiger partial charge in [-0.15, -0.1) is 0 Å². The van der Waals surface area contributed by atoms with Crippen LogP contribution in [0, 0.1) is 41.5 Å². The van der Waals surface area contributed by atoms with Gasteiger partial charge in [0, 0.05) is 22.0 Å². The fraction of sp³-hybridized carbons (Fsp3) is 0.355. The van der Waals surface area contributed by atoms with Crippen LogP contribution in [-0.2, 0) is 0 Å². The summed E-state index contributed by atoms with van der Waals surface area (Å²) in [5.41, 5.74) is 3.84. The van der Waals surface area contributed by atoms with Gasteiger partial charge < -0.3 is 28.8 Å². The number of methoxy groups -OCH3 is 2. The molecule has 41 heavy (non-hydrogen) atoms. The van der Waals surface area contributed by atoms with E-state index in [-0.39, 0.29) is 22.6 Å². The van der Waals surface area contributed by atoms with Crippen molar-refractivity contribution in [1.29, 1.82) is 0 Å². The summed E-state index contributed by atoms with van der Waals surface area (Å²) in [5.74, 6) is 0.401. The number of carboxylic acids is 1. The molecule has 0 radical (unpaired) electrons. The first kappa shape index (κ1) is 32.3. The minimum Gasteiger partial charge on any atom is -0.495 e. The average molecular weight is 694 g/mol. The summed E-state index contributed by atoms with van der Waals surface area (Å²) in [5, 5.41) is 9.71. The van der Waals surface area contributed by atoms with Crippen LogP contribution in [0.5, 0.6) is 28.7 Å². The molecule has 0 saturated heterocycles. The second-order valence-corrected chi connectivity index (χ2v) is 11.3. The summed E-state index contributed by atoms with van der Waals surface area (Å²) in [6.45, 7) is 11.4. The molecular weight excluding hydrogens is 660 g/mol. The van der Waals surface area contributed by atoms with Crippen molar-refractivity contribution in [3.05, 3.63) is 71.7 Å². The highest BCUT2D eigenvalue weighted by Crippen LogP contribution is 2.41. The van der Waals surface area contributed by atoms with Gasteiger partial charge in [-0.1, -0.05) is 15.9 Å². The van der Waals surface area contributed by atoms with E-state index in [9.17, 15) is 14.7 Å². The summed E-state index contributed by atoms with van der Waals surface area (Å²) < 4.78 is 30.8. The SMILES string of the molecule is COc1c(C)c(OC(=O)c2c(C)c(C)c(OCCCOc3ccc(Br)cc3Br)c(C)c2OC)c(C)c(C)c1C(=O)O. The number of halogens is 2. The van der Waals surface area contributed by atoms with E-state index in [1.165, 1.54) is 14.2 Å². The Kier molecular flexibility index (Phi) is 10.7. The zero-order chi connectivity index (χ0) is 30.6. The Labute approximate surface area is 257 Å². The lowest BCUT2D eigenvalue weighted by molar-refractivity contribution is 0.0692. The molecule has 0 spiro atoms. The molecule has 0 bridgehead atoms. The van der Waals surface area contributed by atoms with E-state index in [1.54, 1.807) is 20.8 Å². The highest BCUT2D eigenvalue weighted by atomic mass is 79.9. The number of carbonyl (C=O) groups is 2. The Bertz CT molecular complexity index is 1500. The van der Waals surface area contributed by atoms with Crippen LogP contribution in [0.3, 0.4) is 0 Å². The molecule has 3 aromatic carbocycles. The highest BCUT2D eigenvalue weighted by Gasteiger charge is 2.29. The van der Waals surface area contributed by atoms with Gasteiger partial charge in [-0.3, -0.25) is 0 Å². The Morgan fingerprint density at radius 2 is 1.24 bits per heavy atom. The predicted molar refractivity (Wildman–Crippen MR) is 164 cm³/mol. The molecule has 0 amide bonds. The largest absolute Gasteiger partial charge is 0.495 e. The van der Waals surface area contributed by atoms with Crippen molar-refractivity contribution in [2.45, 2.75) is 48.0 Å². The van der Waals surface area contributed by atoms with Crippen LogP contribution in [0.4, 0.5) is 0 Å². The van der Waals surface area contributed by atoms with Gasteiger partial charge in [-0.05, 0) is 97.9 Å². The van der Waals surface area contributed by atoms with Crippen molar-refractivity contribution in [3.63, 3.8) is 0 Å². The van der Waals surface area contributed by atoms with Crippen molar-refractivity contribution in [1.82, 2.24) is 0 Å². The predicted octanol–water partition coefficient (Wildman–Crippen LogP) is 7.84. The molecule has 0 aliphatic carbocycles. The number of carbonyl (C=O) groups excluding carboxylic acids is 1. The van der Waals surface area contributed by atoms with Crippen LogP contribution in [0.15, 0.2) is 27.1 Å². The van der Waals surface area contributed by atoms with Crippen LogP contribution in [0.1, 0.15) is 60.5 Å². The molecule has 0 heterocycles. The second-order valence-electron chi connectivity index (χ2n) is 9.54. The third-order valence-corrected chi connectivity index (χ3v) is 8.19. The minimum absolute atomic E-state index is 0.0409. The Balaban J connectivity index is 1.85. The average Bonchev–Trinajstić information content (AvgIpc) is 2.92. The number of ether oxygens (including phenoxy) is 5. The Morgan fingerprint density at radius 3 is 1.83 bits per heavy atom. The van der Waals surface area contributed by atoms with E-state index in [2.05, 4.69) is 31.9 Å². The summed E-state index contributed by atoms with van der Waals surface area (Å²) in [6, 6.07) is 5.72. The molecule has 0 saturated carbocycles. The molecule has 0 atom stereocenters. The van der Waals surface area contributed by atoms with E-state index in [4.69, 9.17) is 23.7 Å². The van der Waals surface area contributed by atoms with Crippen molar-refractivity contribution >= 4 is 43.8 Å². The summed E-state index contributed by atoms with van der Waals surface area (Å²) in [6.07, 6.45) is 0.638. The maximum atomic E-state index is 13.6. The third kappa shape index (κ3) is 6.64. The van der Waals surface area contributed by atoms with Crippen LogP contribution in [0.2, 0.25) is 0 Å². The quantitative estimate of drug-likeness (QED) is 0.123. The fourth-order valence-corrected chi connectivity index (χ4v) is 5.90. The number of esters is 1. The number of hydrogen-bond acceptors (Lipinski definition) is 7. The van der Waals surface area contributed by atoms with Gasteiger partial charge in [-0.2, -0.15) is 0 Å². The molecule has 10 heteroatoms. The maximum absolute atomic E-state index is 13.6. The van der Waals surface area contributed by atoms with Gasteiger partial charge in [0.15, 0.2) is 0 Å². The molecule has 3 rings (SSSR count). The van der Waals surface area contributed by atoms with E-state index >= 15 is 0 Å². The highest BCUT2D eigenvalue weighted by molar-refractivity contribution is 9.11. The van der Waals surface area contributed by atoms with Gasteiger partial charge in [0.25, 0.3) is 0 Å². The maximum Gasteiger partial charge on any atom is 0.347 e.